The zero-order valence-corrected chi connectivity index (χ0v) is 13.6. The molecule has 0 fully saturated rings. The van der Waals surface area contributed by atoms with Crippen molar-refractivity contribution < 1.29 is 0 Å². The largest absolute Gasteiger partial charge is 0.346 e. The molecule has 2 aromatic rings. The Bertz CT molecular complexity index is 537. The molecule has 0 aliphatic heterocycles. The molecular weight excluding hydrogens is 300 g/mol. The highest BCUT2D eigenvalue weighted by molar-refractivity contribution is 9.10. The van der Waals surface area contributed by atoms with E-state index in [9.17, 15) is 0 Å². The summed E-state index contributed by atoms with van der Waals surface area (Å²) in [5.41, 5.74) is 1.71. The van der Waals surface area contributed by atoms with Crippen molar-refractivity contribution in [1.29, 1.82) is 0 Å². The molecule has 1 aromatic heterocycles. The lowest BCUT2D eigenvalue weighted by Gasteiger charge is -2.18. The van der Waals surface area contributed by atoms with Crippen LogP contribution >= 0.6 is 15.9 Å². The maximum absolute atomic E-state index is 3.54. The zero-order valence-electron chi connectivity index (χ0n) is 12.0. The molecule has 0 bridgehead atoms. The maximum atomic E-state index is 3.54. The van der Waals surface area contributed by atoms with Crippen LogP contribution in [0.25, 0.3) is 10.9 Å². The number of rotatable bonds is 5. The predicted octanol–water partition coefficient (Wildman–Crippen LogP) is 4.43. The average molecular weight is 323 g/mol. The van der Waals surface area contributed by atoms with E-state index in [0.29, 0.717) is 5.41 Å². The number of nitrogens with zero attached hydrogens (tertiary/aromatic N) is 1. The number of nitrogens with one attached hydrogen (secondary N) is 1. The van der Waals surface area contributed by atoms with Crippen LogP contribution < -0.4 is 5.32 Å². The van der Waals surface area contributed by atoms with Crippen molar-refractivity contribution in [3.8, 4) is 0 Å². The fraction of sp³-hybridized carbons (Fsp3) is 0.500. The van der Waals surface area contributed by atoms with Gasteiger partial charge in [0, 0.05) is 29.3 Å². The van der Waals surface area contributed by atoms with E-state index in [0.717, 1.165) is 24.1 Å². The van der Waals surface area contributed by atoms with Crippen LogP contribution in [-0.2, 0) is 6.54 Å². The third kappa shape index (κ3) is 4.36. The first-order valence-corrected chi connectivity index (χ1v) is 7.70. The lowest BCUT2D eigenvalue weighted by Crippen LogP contribution is -2.24. The molecule has 3 heteroatoms. The Balaban J connectivity index is 1.86. The first-order chi connectivity index (χ1) is 8.96. The minimum atomic E-state index is 0.415. The van der Waals surface area contributed by atoms with Crippen molar-refractivity contribution in [2.24, 2.45) is 5.41 Å². The van der Waals surface area contributed by atoms with E-state index < -0.39 is 0 Å². The monoisotopic (exact) mass is 322 g/mol. The molecule has 1 aromatic carbocycles. The van der Waals surface area contributed by atoms with E-state index in [1.54, 1.807) is 0 Å². The summed E-state index contributed by atoms with van der Waals surface area (Å²) >= 11 is 3.54. The Kier molecular flexibility index (Phi) is 4.69. The van der Waals surface area contributed by atoms with E-state index in [1.165, 1.54) is 17.3 Å². The first kappa shape index (κ1) is 14.6. The van der Waals surface area contributed by atoms with Crippen molar-refractivity contribution >= 4 is 26.8 Å². The van der Waals surface area contributed by atoms with Gasteiger partial charge in [-0.3, -0.25) is 0 Å². The van der Waals surface area contributed by atoms with E-state index in [-0.39, 0.29) is 0 Å². The summed E-state index contributed by atoms with van der Waals surface area (Å²) in [6.07, 6.45) is 3.38. The minimum absolute atomic E-state index is 0.415. The molecular formula is C16H23BrN2. The third-order valence-electron chi connectivity index (χ3n) is 3.32. The first-order valence-electron chi connectivity index (χ1n) is 6.91. The molecule has 2 nitrogen and oxygen atoms in total. The Morgan fingerprint density at radius 2 is 1.95 bits per heavy atom. The van der Waals surface area contributed by atoms with Crippen LogP contribution in [0.3, 0.4) is 0 Å². The minimum Gasteiger partial charge on any atom is -0.346 e. The number of hydrogen-bond acceptors (Lipinski definition) is 1. The molecule has 1 heterocycles. The highest BCUT2D eigenvalue weighted by Crippen LogP contribution is 2.20. The van der Waals surface area contributed by atoms with Crippen LogP contribution in [0.15, 0.2) is 34.9 Å². The van der Waals surface area contributed by atoms with E-state index in [4.69, 9.17) is 0 Å². The smallest absolute Gasteiger partial charge is 0.0492 e. The van der Waals surface area contributed by atoms with E-state index >= 15 is 0 Å². The average Bonchev–Trinajstić information content (AvgIpc) is 2.70. The fourth-order valence-electron chi connectivity index (χ4n) is 2.14. The molecule has 0 amide bonds. The van der Waals surface area contributed by atoms with Crippen molar-refractivity contribution in [2.75, 3.05) is 13.1 Å². The molecule has 0 spiro atoms. The summed E-state index contributed by atoms with van der Waals surface area (Å²) in [6.45, 7) is 9.98. The fourth-order valence-corrected chi connectivity index (χ4v) is 2.49. The highest BCUT2D eigenvalue weighted by atomic mass is 79.9. The second-order valence-electron chi connectivity index (χ2n) is 6.27. The van der Waals surface area contributed by atoms with Gasteiger partial charge < -0.3 is 9.88 Å². The zero-order chi connectivity index (χ0) is 13.9. The van der Waals surface area contributed by atoms with Crippen molar-refractivity contribution in [3.63, 3.8) is 0 Å². The lowest BCUT2D eigenvalue weighted by molar-refractivity contribution is 0.365. The molecule has 0 saturated heterocycles. The molecule has 0 radical (unpaired) electrons. The second-order valence-corrected chi connectivity index (χ2v) is 7.19. The number of fused-ring (bicyclic) bond motifs is 1. The van der Waals surface area contributed by atoms with Crippen LogP contribution in [0.1, 0.15) is 27.2 Å². The topological polar surface area (TPSA) is 17.0 Å². The van der Waals surface area contributed by atoms with Gasteiger partial charge >= 0.3 is 0 Å². The molecule has 104 valence electrons. The second kappa shape index (κ2) is 6.10. The summed E-state index contributed by atoms with van der Waals surface area (Å²) < 4.78 is 3.45. The maximum Gasteiger partial charge on any atom is 0.0492 e. The van der Waals surface area contributed by atoms with Gasteiger partial charge in [0.25, 0.3) is 0 Å². The Hall–Kier alpha value is -0.800. The molecule has 0 atom stereocenters. The summed E-state index contributed by atoms with van der Waals surface area (Å²) in [7, 11) is 0. The van der Waals surface area contributed by atoms with Gasteiger partial charge in [-0.2, -0.15) is 0 Å². The van der Waals surface area contributed by atoms with Crippen LogP contribution in [0.2, 0.25) is 0 Å². The quantitative estimate of drug-likeness (QED) is 0.806. The number of aromatic nitrogens is 1. The third-order valence-corrected chi connectivity index (χ3v) is 3.81. The number of benzene rings is 1. The molecule has 19 heavy (non-hydrogen) atoms. The van der Waals surface area contributed by atoms with Gasteiger partial charge in [0.15, 0.2) is 0 Å². The Morgan fingerprint density at radius 1 is 1.16 bits per heavy atom. The van der Waals surface area contributed by atoms with Gasteiger partial charge in [-0.05, 0) is 42.0 Å². The predicted molar refractivity (Wildman–Crippen MR) is 86.6 cm³/mol. The summed E-state index contributed by atoms with van der Waals surface area (Å²) in [5, 5.41) is 4.83. The van der Waals surface area contributed by atoms with Gasteiger partial charge in [-0.25, -0.2) is 0 Å². The molecule has 2 rings (SSSR count). The summed E-state index contributed by atoms with van der Waals surface area (Å²) in [5.74, 6) is 0. The van der Waals surface area contributed by atoms with Gasteiger partial charge in [0.1, 0.15) is 0 Å². The van der Waals surface area contributed by atoms with E-state index in [1.807, 2.05) is 0 Å². The lowest BCUT2D eigenvalue weighted by atomic mass is 9.92. The van der Waals surface area contributed by atoms with Crippen molar-refractivity contribution in [1.82, 2.24) is 9.88 Å². The van der Waals surface area contributed by atoms with Gasteiger partial charge in [-0.1, -0.05) is 42.8 Å². The Morgan fingerprint density at radius 3 is 2.68 bits per heavy atom. The number of halogens is 1. The molecule has 0 aliphatic carbocycles. The molecule has 0 saturated carbocycles. The Labute approximate surface area is 124 Å². The summed E-state index contributed by atoms with van der Waals surface area (Å²) in [6, 6.07) is 8.61. The van der Waals surface area contributed by atoms with Gasteiger partial charge in [0.05, 0.1) is 0 Å². The van der Waals surface area contributed by atoms with Crippen molar-refractivity contribution in [2.45, 2.75) is 33.7 Å². The summed E-state index contributed by atoms with van der Waals surface area (Å²) in [4.78, 5) is 0. The normalized spacial score (nSPS) is 12.2. The van der Waals surface area contributed by atoms with Crippen LogP contribution in [-0.4, -0.2) is 17.7 Å². The van der Waals surface area contributed by atoms with E-state index in [2.05, 4.69) is 77.0 Å². The van der Waals surface area contributed by atoms with Gasteiger partial charge in [0.2, 0.25) is 0 Å². The molecule has 1 N–H and O–H groups in total. The van der Waals surface area contributed by atoms with Crippen LogP contribution in [0.4, 0.5) is 0 Å². The van der Waals surface area contributed by atoms with Crippen LogP contribution in [0, 0.1) is 5.41 Å². The standard InChI is InChI=1S/C16H23BrN2/c1-16(2,3)7-8-18-9-11-19-10-6-13-4-5-14(17)12-15(13)19/h4-6,10,12,18H,7-9,11H2,1-3H3. The molecule has 0 aliphatic rings. The van der Waals surface area contributed by atoms with Crippen molar-refractivity contribution in [3.05, 3.63) is 34.9 Å². The van der Waals surface area contributed by atoms with Crippen LogP contribution in [0.5, 0.6) is 0 Å². The van der Waals surface area contributed by atoms with Gasteiger partial charge in [-0.15, -0.1) is 0 Å². The SMILES string of the molecule is CC(C)(C)CCNCCn1ccc2ccc(Br)cc21. The number of hydrogen-bond donors (Lipinski definition) is 1. The molecule has 0 unspecified atom stereocenters. The highest BCUT2D eigenvalue weighted by Gasteiger charge is 2.08.